The molecule has 4 rings (SSSR count). The molecular formula is C22H21FN4O3. The van der Waals surface area contributed by atoms with E-state index in [1.807, 2.05) is 32.9 Å². The van der Waals surface area contributed by atoms with E-state index in [2.05, 4.69) is 5.16 Å². The van der Waals surface area contributed by atoms with Crippen molar-refractivity contribution < 1.29 is 13.8 Å². The molecule has 30 heavy (non-hydrogen) atoms. The van der Waals surface area contributed by atoms with E-state index >= 15 is 0 Å². The van der Waals surface area contributed by atoms with Crippen LogP contribution in [0.4, 0.5) is 15.8 Å². The summed E-state index contributed by atoms with van der Waals surface area (Å²) in [7, 11) is 0. The molecule has 0 bridgehead atoms. The van der Waals surface area contributed by atoms with Gasteiger partial charge in [0.25, 0.3) is 0 Å². The quantitative estimate of drug-likeness (QED) is 0.431. The third kappa shape index (κ3) is 3.34. The van der Waals surface area contributed by atoms with E-state index in [0.29, 0.717) is 12.1 Å². The molecule has 1 aliphatic heterocycles. The molecule has 0 aliphatic carbocycles. The smallest absolute Gasteiger partial charge is 0.336 e. The summed E-state index contributed by atoms with van der Waals surface area (Å²) in [6.07, 6.45) is 0.369. The monoisotopic (exact) mass is 408 g/mol. The molecule has 0 N–H and O–H groups in total. The number of benzene rings is 2. The van der Waals surface area contributed by atoms with Gasteiger partial charge in [-0.3, -0.25) is 15.1 Å². The molecule has 8 heteroatoms. The zero-order chi connectivity index (χ0) is 21.6. The van der Waals surface area contributed by atoms with Crippen molar-refractivity contribution in [3.63, 3.8) is 0 Å². The molecule has 0 saturated heterocycles. The summed E-state index contributed by atoms with van der Waals surface area (Å²) in [6.45, 7) is 7.54. The average molecular weight is 408 g/mol. The van der Waals surface area contributed by atoms with Crippen molar-refractivity contribution in [2.45, 2.75) is 40.2 Å². The van der Waals surface area contributed by atoms with Crippen molar-refractivity contribution in [2.24, 2.45) is 5.10 Å². The van der Waals surface area contributed by atoms with Gasteiger partial charge in [0.15, 0.2) is 5.69 Å². The van der Waals surface area contributed by atoms with Crippen molar-refractivity contribution in [1.82, 2.24) is 5.16 Å². The van der Waals surface area contributed by atoms with E-state index in [9.17, 15) is 14.5 Å². The molecule has 2 heterocycles. The topological polar surface area (TPSA) is 84.8 Å². The minimum Gasteiger partial charge on any atom is -0.351 e. The summed E-state index contributed by atoms with van der Waals surface area (Å²) in [5.41, 5.74) is 5.53. The van der Waals surface area contributed by atoms with Gasteiger partial charge in [-0.15, -0.1) is 0 Å². The van der Waals surface area contributed by atoms with Crippen LogP contribution in [0.5, 0.6) is 0 Å². The molecule has 3 aromatic rings. The van der Waals surface area contributed by atoms with Crippen LogP contribution in [0.25, 0.3) is 0 Å². The van der Waals surface area contributed by atoms with Crippen molar-refractivity contribution in [1.29, 1.82) is 0 Å². The Morgan fingerprint density at radius 1 is 1.13 bits per heavy atom. The van der Waals surface area contributed by atoms with Gasteiger partial charge in [-0.05, 0) is 56.5 Å². The molecule has 0 saturated carbocycles. The Bertz CT molecular complexity index is 1140. The van der Waals surface area contributed by atoms with Gasteiger partial charge >= 0.3 is 5.69 Å². The van der Waals surface area contributed by atoms with Crippen molar-refractivity contribution >= 4 is 17.1 Å². The van der Waals surface area contributed by atoms with Gasteiger partial charge in [-0.25, -0.2) is 4.39 Å². The van der Waals surface area contributed by atoms with Gasteiger partial charge in [0.05, 0.1) is 16.3 Å². The molecule has 2 aromatic carbocycles. The minimum absolute atomic E-state index is 0.136. The van der Waals surface area contributed by atoms with E-state index in [1.165, 1.54) is 12.1 Å². The lowest BCUT2D eigenvalue weighted by Gasteiger charge is -2.25. The van der Waals surface area contributed by atoms with Gasteiger partial charge < -0.3 is 4.52 Å². The molecule has 7 nitrogen and oxygen atoms in total. The Morgan fingerprint density at radius 3 is 2.37 bits per heavy atom. The van der Waals surface area contributed by atoms with Crippen LogP contribution in [0.3, 0.4) is 0 Å². The number of nitro groups is 1. The van der Waals surface area contributed by atoms with Crippen molar-refractivity contribution in [2.75, 3.05) is 5.01 Å². The highest BCUT2D eigenvalue weighted by Gasteiger charge is 2.40. The van der Waals surface area contributed by atoms with Crippen LogP contribution in [0.15, 0.2) is 46.0 Å². The Balaban J connectivity index is 1.87. The summed E-state index contributed by atoms with van der Waals surface area (Å²) in [5.74, 6) is -0.171. The molecule has 1 unspecified atom stereocenters. The summed E-state index contributed by atoms with van der Waals surface area (Å²) in [4.78, 5) is 11.2. The van der Waals surface area contributed by atoms with Crippen LogP contribution in [-0.2, 0) is 0 Å². The Morgan fingerprint density at radius 2 is 1.77 bits per heavy atom. The molecule has 1 atom stereocenters. The summed E-state index contributed by atoms with van der Waals surface area (Å²) in [5, 5.41) is 22.1. The van der Waals surface area contributed by atoms with Gasteiger partial charge in [-0.2, -0.15) is 5.10 Å². The fourth-order valence-electron chi connectivity index (χ4n) is 4.09. The second kappa shape index (κ2) is 7.37. The van der Waals surface area contributed by atoms with E-state index in [0.717, 1.165) is 27.9 Å². The maximum absolute atomic E-state index is 13.4. The number of aryl methyl sites for hydroxylation is 4. The SMILES string of the molecule is Cc1cc(C)c(N2N=C(c3ccc(F)cc3)CC2c2onc(C)c2[N+](=O)[O-])c(C)c1. The van der Waals surface area contributed by atoms with Crippen molar-refractivity contribution in [3.05, 3.63) is 86.0 Å². The number of hydrazone groups is 1. The zero-order valence-corrected chi connectivity index (χ0v) is 17.1. The highest BCUT2D eigenvalue weighted by molar-refractivity contribution is 6.03. The van der Waals surface area contributed by atoms with E-state index in [1.54, 1.807) is 24.1 Å². The number of hydrogen-bond donors (Lipinski definition) is 0. The Labute approximate surface area is 173 Å². The normalized spacial score (nSPS) is 16.1. The number of rotatable bonds is 4. The van der Waals surface area contributed by atoms with E-state index in [-0.39, 0.29) is 23.0 Å². The highest BCUT2D eigenvalue weighted by Crippen LogP contribution is 2.43. The second-order valence-electron chi connectivity index (χ2n) is 7.60. The number of aromatic nitrogens is 1. The van der Waals surface area contributed by atoms with Gasteiger partial charge in [0, 0.05) is 6.42 Å². The fraction of sp³-hybridized carbons (Fsp3) is 0.273. The molecule has 154 valence electrons. The summed E-state index contributed by atoms with van der Waals surface area (Å²) >= 11 is 0. The number of hydrogen-bond acceptors (Lipinski definition) is 6. The minimum atomic E-state index is -0.535. The first-order valence-corrected chi connectivity index (χ1v) is 9.57. The third-order valence-electron chi connectivity index (χ3n) is 5.29. The zero-order valence-electron chi connectivity index (χ0n) is 17.1. The van der Waals surface area contributed by atoms with Crippen LogP contribution in [0.1, 0.15) is 46.2 Å². The first-order valence-electron chi connectivity index (χ1n) is 9.57. The predicted molar refractivity (Wildman–Crippen MR) is 111 cm³/mol. The van der Waals surface area contributed by atoms with Crippen LogP contribution in [0.2, 0.25) is 0 Å². The number of nitrogens with zero attached hydrogens (tertiary/aromatic N) is 4. The third-order valence-corrected chi connectivity index (χ3v) is 5.29. The van der Waals surface area contributed by atoms with Crippen LogP contribution in [-0.4, -0.2) is 15.8 Å². The Hall–Kier alpha value is -3.55. The lowest BCUT2D eigenvalue weighted by atomic mass is 9.99. The lowest BCUT2D eigenvalue weighted by Crippen LogP contribution is -2.21. The maximum Gasteiger partial charge on any atom is 0.336 e. The highest BCUT2D eigenvalue weighted by atomic mass is 19.1. The largest absolute Gasteiger partial charge is 0.351 e. The van der Waals surface area contributed by atoms with E-state index in [4.69, 9.17) is 9.62 Å². The summed E-state index contributed by atoms with van der Waals surface area (Å²) in [6, 6.07) is 9.62. The predicted octanol–water partition coefficient (Wildman–Crippen LogP) is 5.31. The molecule has 0 radical (unpaired) electrons. The lowest BCUT2D eigenvalue weighted by molar-refractivity contribution is -0.386. The van der Waals surface area contributed by atoms with E-state index < -0.39 is 11.0 Å². The van der Waals surface area contributed by atoms with Crippen molar-refractivity contribution in [3.8, 4) is 0 Å². The number of halogens is 1. The van der Waals surface area contributed by atoms with Gasteiger partial charge in [-0.1, -0.05) is 35.0 Å². The average Bonchev–Trinajstić information content (AvgIpc) is 3.25. The standard InChI is InChI=1S/C22H21FN4O3/c1-12-9-13(2)20(14(3)10-12)26-19(22-21(27(28)29)15(4)25-30-22)11-18(24-26)16-5-7-17(23)8-6-16/h5-10,19H,11H2,1-4H3. The summed E-state index contributed by atoms with van der Waals surface area (Å²) < 4.78 is 18.8. The molecule has 0 amide bonds. The molecule has 1 aliphatic rings. The Kier molecular flexibility index (Phi) is 4.85. The maximum atomic E-state index is 13.4. The molecule has 0 fully saturated rings. The molecule has 1 aromatic heterocycles. The first-order chi connectivity index (χ1) is 14.3. The van der Waals surface area contributed by atoms with Gasteiger partial charge in [0.2, 0.25) is 5.76 Å². The van der Waals surface area contributed by atoms with Crippen LogP contribution < -0.4 is 5.01 Å². The fourth-order valence-corrected chi connectivity index (χ4v) is 4.09. The van der Waals surface area contributed by atoms with Crippen LogP contribution >= 0.6 is 0 Å². The van der Waals surface area contributed by atoms with Gasteiger partial charge in [0.1, 0.15) is 11.9 Å². The first kappa shape index (κ1) is 19.8. The second-order valence-corrected chi connectivity index (χ2v) is 7.60. The number of anilines is 1. The molecule has 0 spiro atoms. The van der Waals surface area contributed by atoms with Crippen LogP contribution in [0, 0.1) is 43.6 Å². The molecular weight excluding hydrogens is 387 g/mol.